The maximum absolute atomic E-state index is 12.9. The zero-order valence-corrected chi connectivity index (χ0v) is 16.6. The van der Waals surface area contributed by atoms with Crippen molar-refractivity contribution in [2.75, 3.05) is 20.8 Å². The summed E-state index contributed by atoms with van der Waals surface area (Å²) in [4.78, 5) is 25.6. The van der Waals surface area contributed by atoms with E-state index in [1.165, 1.54) is 7.11 Å². The van der Waals surface area contributed by atoms with Crippen LogP contribution < -0.4 is 4.74 Å². The highest BCUT2D eigenvalue weighted by Gasteiger charge is 2.38. The van der Waals surface area contributed by atoms with Crippen molar-refractivity contribution in [2.24, 2.45) is 0 Å². The number of fused-ring (bicyclic) bond motifs is 1. The summed E-state index contributed by atoms with van der Waals surface area (Å²) in [6.07, 6.45) is 0. The van der Waals surface area contributed by atoms with E-state index in [-0.39, 0.29) is 6.61 Å². The lowest BCUT2D eigenvalue weighted by molar-refractivity contribution is -0.152. The van der Waals surface area contributed by atoms with Gasteiger partial charge >= 0.3 is 11.9 Å². The second-order valence-corrected chi connectivity index (χ2v) is 6.54. The van der Waals surface area contributed by atoms with Gasteiger partial charge in [-0.1, -0.05) is 18.2 Å². The van der Waals surface area contributed by atoms with Crippen LogP contribution in [0.3, 0.4) is 0 Å². The van der Waals surface area contributed by atoms with Crippen molar-refractivity contribution in [3.63, 3.8) is 0 Å². The summed E-state index contributed by atoms with van der Waals surface area (Å²) in [5, 5.41) is 0. The number of esters is 2. The van der Waals surface area contributed by atoms with E-state index < -0.39 is 23.8 Å². The van der Waals surface area contributed by atoms with E-state index in [1.54, 1.807) is 56.5 Å². The molecule has 0 N–H and O–H groups in total. The molecule has 0 aliphatic carbocycles. The summed E-state index contributed by atoms with van der Waals surface area (Å²) in [6.45, 7) is 1.93. The third-order valence-electron chi connectivity index (χ3n) is 4.44. The number of aromatic nitrogens is 2. The molecule has 3 rings (SSSR count). The second-order valence-electron chi connectivity index (χ2n) is 6.02. The van der Waals surface area contributed by atoms with Gasteiger partial charge in [0.15, 0.2) is 0 Å². The van der Waals surface area contributed by atoms with Gasteiger partial charge in [0, 0.05) is 0 Å². The van der Waals surface area contributed by atoms with Gasteiger partial charge < -0.3 is 14.2 Å². The molecule has 0 saturated carbocycles. The summed E-state index contributed by atoms with van der Waals surface area (Å²) >= 11 is 1.09. The zero-order valence-electron chi connectivity index (χ0n) is 15.7. The molecule has 0 bridgehead atoms. The zero-order chi connectivity index (χ0) is 20.1. The predicted octanol–water partition coefficient (Wildman–Crippen LogP) is 3.30. The molecule has 2 aromatic carbocycles. The summed E-state index contributed by atoms with van der Waals surface area (Å²) in [7, 11) is 2.86. The standard InChI is InChI=1S/C20H20N2O5S/c1-4-27-20(24)18(13-7-10-15-16(11-13)22-28-21-15)17(19(23)26-3)12-5-8-14(25-2)9-6-12/h5-11,17-18H,4H2,1-3H3. The molecule has 28 heavy (non-hydrogen) atoms. The molecule has 0 aliphatic rings. The largest absolute Gasteiger partial charge is 0.497 e. The van der Waals surface area contributed by atoms with E-state index in [0.717, 1.165) is 17.2 Å². The van der Waals surface area contributed by atoms with Crippen molar-refractivity contribution in [3.8, 4) is 5.75 Å². The van der Waals surface area contributed by atoms with Crippen molar-refractivity contribution in [3.05, 3.63) is 53.6 Å². The van der Waals surface area contributed by atoms with Gasteiger partial charge in [-0.3, -0.25) is 9.59 Å². The van der Waals surface area contributed by atoms with Gasteiger partial charge in [-0.2, -0.15) is 8.75 Å². The van der Waals surface area contributed by atoms with Crippen molar-refractivity contribution >= 4 is 34.7 Å². The molecule has 3 aromatic rings. The molecule has 0 fully saturated rings. The van der Waals surface area contributed by atoms with E-state index in [0.29, 0.717) is 22.4 Å². The minimum absolute atomic E-state index is 0.201. The fourth-order valence-electron chi connectivity index (χ4n) is 3.09. The molecule has 2 atom stereocenters. The molecule has 1 aromatic heterocycles. The number of ether oxygens (including phenoxy) is 3. The predicted molar refractivity (Wildman–Crippen MR) is 105 cm³/mol. The van der Waals surface area contributed by atoms with Crippen LogP contribution in [0.1, 0.15) is 29.9 Å². The van der Waals surface area contributed by atoms with E-state index in [2.05, 4.69) is 8.75 Å². The lowest BCUT2D eigenvalue weighted by Crippen LogP contribution is -2.29. The molecule has 146 valence electrons. The summed E-state index contributed by atoms with van der Waals surface area (Å²) < 4.78 is 23.9. The number of benzene rings is 2. The molecule has 0 saturated heterocycles. The van der Waals surface area contributed by atoms with E-state index in [9.17, 15) is 9.59 Å². The first-order valence-corrected chi connectivity index (χ1v) is 9.42. The highest BCUT2D eigenvalue weighted by Crippen LogP contribution is 2.37. The Balaban J connectivity index is 2.12. The first-order chi connectivity index (χ1) is 13.6. The van der Waals surface area contributed by atoms with Gasteiger partial charge in [-0.05, 0) is 42.3 Å². The minimum atomic E-state index is -0.883. The fraction of sp³-hybridized carbons (Fsp3) is 0.300. The molecule has 7 nitrogen and oxygen atoms in total. The highest BCUT2D eigenvalue weighted by atomic mass is 32.1. The molecule has 0 spiro atoms. The maximum Gasteiger partial charge on any atom is 0.314 e. The van der Waals surface area contributed by atoms with Crippen LogP contribution in [-0.2, 0) is 19.1 Å². The summed E-state index contributed by atoms with van der Waals surface area (Å²) in [5.74, 6) is -2.14. The summed E-state index contributed by atoms with van der Waals surface area (Å²) in [5.41, 5.74) is 2.64. The Kier molecular flexibility index (Phi) is 6.20. The van der Waals surface area contributed by atoms with Crippen molar-refractivity contribution < 1.29 is 23.8 Å². The van der Waals surface area contributed by atoms with Gasteiger partial charge in [0.2, 0.25) is 0 Å². The Hall–Kier alpha value is -3.00. The summed E-state index contributed by atoms with van der Waals surface area (Å²) in [6, 6.07) is 12.3. The lowest BCUT2D eigenvalue weighted by atomic mass is 9.81. The number of rotatable bonds is 7. The second kappa shape index (κ2) is 8.79. The third kappa shape index (κ3) is 3.96. The Labute approximate surface area is 166 Å². The van der Waals surface area contributed by atoms with Crippen LogP contribution in [0, 0.1) is 0 Å². The molecule has 0 amide bonds. The SMILES string of the molecule is CCOC(=O)C(c1ccc2nsnc2c1)C(C(=O)OC)c1ccc(OC)cc1. The van der Waals surface area contributed by atoms with Crippen molar-refractivity contribution in [2.45, 2.75) is 18.8 Å². The monoisotopic (exact) mass is 400 g/mol. The molecular weight excluding hydrogens is 380 g/mol. The number of nitrogens with zero attached hydrogens (tertiary/aromatic N) is 2. The Morgan fingerprint density at radius 3 is 2.21 bits per heavy atom. The molecule has 8 heteroatoms. The van der Waals surface area contributed by atoms with Gasteiger partial charge in [-0.25, -0.2) is 0 Å². The van der Waals surface area contributed by atoms with Crippen LogP contribution >= 0.6 is 11.7 Å². The first-order valence-electron chi connectivity index (χ1n) is 8.69. The minimum Gasteiger partial charge on any atom is -0.497 e. The average Bonchev–Trinajstić information content (AvgIpc) is 3.19. The van der Waals surface area contributed by atoms with Gasteiger partial charge in [0.25, 0.3) is 0 Å². The normalized spacial score (nSPS) is 13.0. The van der Waals surface area contributed by atoms with E-state index in [1.807, 2.05) is 0 Å². The average molecular weight is 400 g/mol. The number of hydrogen-bond acceptors (Lipinski definition) is 8. The highest BCUT2D eigenvalue weighted by molar-refractivity contribution is 7.00. The maximum atomic E-state index is 12.9. The Morgan fingerprint density at radius 1 is 0.929 bits per heavy atom. The Morgan fingerprint density at radius 2 is 1.57 bits per heavy atom. The van der Waals surface area contributed by atoms with Gasteiger partial charge in [0.1, 0.15) is 16.8 Å². The van der Waals surface area contributed by atoms with Crippen LogP contribution in [0.25, 0.3) is 11.0 Å². The molecule has 1 heterocycles. The molecule has 2 unspecified atom stereocenters. The van der Waals surface area contributed by atoms with E-state index in [4.69, 9.17) is 14.2 Å². The van der Waals surface area contributed by atoms with Crippen LogP contribution in [0.4, 0.5) is 0 Å². The molecular formula is C20H20N2O5S. The van der Waals surface area contributed by atoms with Crippen molar-refractivity contribution in [1.82, 2.24) is 8.75 Å². The van der Waals surface area contributed by atoms with Crippen LogP contribution in [0.2, 0.25) is 0 Å². The third-order valence-corrected chi connectivity index (χ3v) is 5.00. The first kappa shape index (κ1) is 19.8. The quantitative estimate of drug-likeness (QED) is 0.562. The number of hydrogen-bond donors (Lipinski definition) is 0. The molecule has 0 radical (unpaired) electrons. The van der Waals surface area contributed by atoms with Gasteiger partial charge in [-0.15, -0.1) is 0 Å². The topological polar surface area (TPSA) is 87.6 Å². The van der Waals surface area contributed by atoms with Crippen LogP contribution in [0.15, 0.2) is 42.5 Å². The Bertz CT molecular complexity index is 970. The fourth-order valence-corrected chi connectivity index (χ4v) is 3.61. The van der Waals surface area contributed by atoms with Crippen LogP contribution in [-0.4, -0.2) is 41.5 Å². The smallest absolute Gasteiger partial charge is 0.314 e. The number of carbonyl (C=O) groups is 2. The van der Waals surface area contributed by atoms with E-state index >= 15 is 0 Å². The van der Waals surface area contributed by atoms with Gasteiger partial charge in [0.05, 0.1) is 44.4 Å². The number of methoxy groups -OCH3 is 2. The molecule has 0 aliphatic heterocycles. The lowest BCUT2D eigenvalue weighted by Gasteiger charge is -2.24. The number of carbonyl (C=O) groups excluding carboxylic acids is 2. The van der Waals surface area contributed by atoms with Crippen molar-refractivity contribution in [1.29, 1.82) is 0 Å². The van der Waals surface area contributed by atoms with Crippen LogP contribution in [0.5, 0.6) is 5.75 Å².